The molecule has 2 nitrogen and oxygen atoms in total. The van der Waals surface area contributed by atoms with Crippen LogP contribution in [0.15, 0.2) is 12.2 Å². The summed E-state index contributed by atoms with van der Waals surface area (Å²) in [5, 5.41) is 0. The average Bonchev–Trinajstić information content (AvgIpc) is 3.12. The Morgan fingerprint density at radius 3 is 2.25 bits per heavy atom. The van der Waals surface area contributed by atoms with Gasteiger partial charge in [0.2, 0.25) is 0 Å². The summed E-state index contributed by atoms with van der Waals surface area (Å²) in [5.74, 6) is 3.34. The Hall–Kier alpha value is -0.920. The molecule has 9 atom stereocenters. The van der Waals surface area contributed by atoms with Crippen molar-refractivity contribution in [1.82, 2.24) is 0 Å². The van der Waals surface area contributed by atoms with E-state index >= 15 is 0 Å². The Morgan fingerprint density at radius 2 is 1.59 bits per heavy atom. The van der Waals surface area contributed by atoms with Gasteiger partial charge in [-0.1, -0.05) is 46.8 Å². The molecule has 0 spiro atoms. The quantitative estimate of drug-likeness (QED) is 0.332. The molecule has 0 amide bonds. The van der Waals surface area contributed by atoms with E-state index in [0.29, 0.717) is 40.8 Å². The van der Waals surface area contributed by atoms with Gasteiger partial charge in [0.25, 0.3) is 0 Å². The van der Waals surface area contributed by atoms with E-state index in [2.05, 4.69) is 48.1 Å². The molecule has 5 aliphatic carbocycles. The second kappa shape index (κ2) is 6.82. The number of hydrogen-bond acceptors (Lipinski definition) is 2. The molecule has 0 saturated heterocycles. The molecule has 5 fully saturated rings. The van der Waals surface area contributed by atoms with Crippen LogP contribution in [0.1, 0.15) is 106 Å². The van der Waals surface area contributed by atoms with Crippen LogP contribution in [0.5, 0.6) is 0 Å². The zero-order valence-corrected chi connectivity index (χ0v) is 21.6. The van der Waals surface area contributed by atoms with Gasteiger partial charge in [-0.15, -0.1) is 0 Å². The first-order valence-electron chi connectivity index (χ1n) is 13.5. The lowest BCUT2D eigenvalue weighted by atomic mass is 9.32. The Morgan fingerprint density at radius 1 is 0.875 bits per heavy atom. The van der Waals surface area contributed by atoms with Crippen molar-refractivity contribution < 1.29 is 9.59 Å². The van der Waals surface area contributed by atoms with E-state index in [4.69, 9.17) is 0 Å². The molecular formula is C30H46O2. The Bertz CT molecular complexity index is 855. The number of fused-ring (bicyclic) bond motifs is 7. The van der Waals surface area contributed by atoms with Crippen LogP contribution < -0.4 is 0 Å². The molecule has 5 aliphatic rings. The lowest BCUT2D eigenvalue weighted by molar-refractivity contribution is -0.231. The first-order chi connectivity index (χ1) is 14.9. The first-order valence-corrected chi connectivity index (χ1v) is 13.5. The minimum Gasteiger partial charge on any atom is -0.303 e. The predicted molar refractivity (Wildman–Crippen MR) is 130 cm³/mol. The van der Waals surface area contributed by atoms with Gasteiger partial charge in [-0.3, -0.25) is 4.79 Å². The number of ketones is 1. The zero-order valence-electron chi connectivity index (χ0n) is 21.6. The monoisotopic (exact) mass is 438 g/mol. The Balaban J connectivity index is 1.56. The van der Waals surface area contributed by atoms with E-state index < -0.39 is 0 Å². The summed E-state index contributed by atoms with van der Waals surface area (Å²) < 4.78 is 0. The average molecular weight is 439 g/mol. The molecule has 178 valence electrons. The van der Waals surface area contributed by atoms with Gasteiger partial charge < -0.3 is 4.79 Å². The van der Waals surface area contributed by atoms with Crippen molar-refractivity contribution in [2.75, 3.05) is 0 Å². The van der Waals surface area contributed by atoms with E-state index in [1.165, 1.54) is 44.0 Å². The van der Waals surface area contributed by atoms with E-state index in [9.17, 15) is 9.59 Å². The molecule has 0 aromatic rings. The minimum absolute atomic E-state index is 0.0999. The van der Waals surface area contributed by atoms with E-state index in [0.717, 1.165) is 32.1 Å². The SMILES string of the molecule is C=C(C)[C@@H]1CC[C@]2(C=O)CC[C@]3(C)[C@H](CC[C@H]4[C@@]5(C)CCC(=O)C(C)(C)[C@H]5CC[C@@]43C)[C@@H]12. The van der Waals surface area contributed by atoms with Crippen LogP contribution in [0, 0.1) is 56.7 Å². The van der Waals surface area contributed by atoms with Crippen molar-refractivity contribution in [2.24, 2.45) is 56.7 Å². The zero-order chi connectivity index (χ0) is 23.3. The fourth-order valence-corrected chi connectivity index (χ4v) is 11.2. The van der Waals surface area contributed by atoms with Gasteiger partial charge >= 0.3 is 0 Å². The molecule has 0 unspecified atom stereocenters. The summed E-state index contributed by atoms with van der Waals surface area (Å²) in [6.45, 7) is 18.9. The number of hydrogen-bond donors (Lipinski definition) is 0. The molecule has 0 radical (unpaired) electrons. The molecule has 0 N–H and O–H groups in total. The molecule has 32 heavy (non-hydrogen) atoms. The van der Waals surface area contributed by atoms with Crippen molar-refractivity contribution in [3.05, 3.63) is 12.2 Å². The van der Waals surface area contributed by atoms with Crippen LogP contribution in [-0.4, -0.2) is 12.1 Å². The lowest BCUT2D eigenvalue weighted by Crippen LogP contribution is -2.66. The van der Waals surface area contributed by atoms with E-state index in [1.807, 2.05) is 0 Å². The molecule has 0 bridgehead atoms. The van der Waals surface area contributed by atoms with Crippen LogP contribution in [0.3, 0.4) is 0 Å². The highest BCUT2D eigenvalue weighted by Gasteiger charge is 2.70. The number of Topliss-reactive ketones (excluding diaryl/α,β-unsaturated/α-hetero) is 1. The summed E-state index contributed by atoms with van der Waals surface area (Å²) in [6.07, 6.45) is 12.7. The molecule has 0 aromatic heterocycles. The standard InChI is InChI=1S/C30H46O2/c1-19(2)20-10-15-30(18-31)17-16-28(6)21(25(20)30)8-9-23-27(5)13-12-24(32)26(3,4)22(27)11-14-29(23,28)7/h18,20-23,25H,1,8-17H2,2-7H3/t20-,21+,22+,23-,25+,27-,28+,29-,30+/m0/s1. The van der Waals surface area contributed by atoms with Gasteiger partial charge in [0.05, 0.1) is 0 Å². The van der Waals surface area contributed by atoms with Crippen molar-refractivity contribution in [3.8, 4) is 0 Å². The highest BCUT2D eigenvalue weighted by molar-refractivity contribution is 5.85. The third kappa shape index (κ3) is 2.54. The van der Waals surface area contributed by atoms with Crippen molar-refractivity contribution >= 4 is 12.1 Å². The smallest absolute Gasteiger partial charge is 0.138 e. The summed E-state index contributed by atoms with van der Waals surface area (Å²) >= 11 is 0. The molecule has 5 saturated carbocycles. The highest BCUT2D eigenvalue weighted by atomic mass is 16.1. The first kappa shape index (κ1) is 22.9. The van der Waals surface area contributed by atoms with Crippen molar-refractivity contribution in [2.45, 2.75) is 106 Å². The van der Waals surface area contributed by atoms with Crippen LogP contribution in [0.4, 0.5) is 0 Å². The number of carbonyl (C=O) groups excluding carboxylic acids is 2. The predicted octanol–water partition coefficient (Wildman–Crippen LogP) is 7.41. The normalized spacial score (nSPS) is 54.1. The van der Waals surface area contributed by atoms with Crippen LogP contribution >= 0.6 is 0 Å². The van der Waals surface area contributed by atoms with Gasteiger partial charge in [-0.05, 0) is 111 Å². The largest absolute Gasteiger partial charge is 0.303 e. The van der Waals surface area contributed by atoms with Crippen LogP contribution in [0.2, 0.25) is 0 Å². The number of carbonyl (C=O) groups is 2. The fraction of sp³-hybridized carbons (Fsp3) is 0.867. The second-order valence-electron chi connectivity index (χ2n) is 14.2. The summed E-state index contributed by atoms with van der Waals surface area (Å²) in [5.41, 5.74) is 1.87. The minimum atomic E-state index is -0.179. The van der Waals surface area contributed by atoms with Gasteiger partial charge in [0.1, 0.15) is 12.1 Å². The third-order valence-corrected chi connectivity index (χ3v) is 13.1. The number of aldehydes is 1. The Kier molecular flexibility index (Phi) is 4.87. The van der Waals surface area contributed by atoms with Gasteiger partial charge in [-0.2, -0.15) is 0 Å². The van der Waals surface area contributed by atoms with Gasteiger partial charge in [0, 0.05) is 17.3 Å². The van der Waals surface area contributed by atoms with Gasteiger partial charge in [-0.25, -0.2) is 0 Å². The lowest BCUT2D eigenvalue weighted by Gasteiger charge is -2.72. The maximum atomic E-state index is 12.9. The molecule has 0 aliphatic heterocycles. The number of allylic oxidation sites excluding steroid dienone is 1. The summed E-state index contributed by atoms with van der Waals surface area (Å²) in [6, 6.07) is 0. The molecular weight excluding hydrogens is 392 g/mol. The molecule has 5 rings (SSSR count). The number of rotatable bonds is 2. The maximum Gasteiger partial charge on any atom is 0.138 e. The van der Waals surface area contributed by atoms with Gasteiger partial charge in [0.15, 0.2) is 0 Å². The molecule has 0 heterocycles. The van der Waals surface area contributed by atoms with Crippen LogP contribution in [0.25, 0.3) is 0 Å². The molecule has 2 heteroatoms. The van der Waals surface area contributed by atoms with E-state index in [1.54, 1.807) is 0 Å². The second-order valence-corrected chi connectivity index (χ2v) is 14.2. The molecule has 0 aromatic carbocycles. The third-order valence-electron chi connectivity index (χ3n) is 13.1. The fourth-order valence-electron chi connectivity index (χ4n) is 11.2. The highest BCUT2D eigenvalue weighted by Crippen LogP contribution is 2.77. The summed E-state index contributed by atoms with van der Waals surface area (Å²) in [4.78, 5) is 25.4. The van der Waals surface area contributed by atoms with Crippen molar-refractivity contribution in [3.63, 3.8) is 0 Å². The summed E-state index contributed by atoms with van der Waals surface area (Å²) in [7, 11) is 0. The van der Waals surface area contributed by atoms with Crippen LogP contribution in [-0.2, 0) is 9.59 Å². The van der Waals surface area contributed by atoms with E-state index in [-0.39, 0.29) is 21.7 Å². The Labute approximate surface area is 196 Å². The maximum absolute atomic E-state index is 12.9. The topological polar surface area (TPSA) is 34.1 Å². The van der Waals surface area contributed by atoms with Crippen molar-refractivity contribution in [1.29, 1.82) is 0 Å².